The van der Waals surface area contributed by atoms with Gasteiger partial charge in [-0.1, -0.05) is 6.07 Å². The number of piperidine rings is 1. The van der Waals surface area contributed by atoms with Crippen LogP contribution in [0.25, 0.3) is 10.9 Å². The molecular weight excluding hydrogens is 249 g/mol. The van der Waals surface area contributed by atoms with Crippen molar-refractivity contribution < 1.29 is 4.39 Å². The van der Waals surface area contributed by atoms with E-state index in [9.17, 15) is 14.0 Å². The van der Waals surface area contributed by atoms with Crippen LogP contribution in [-0.4, -0.2) is 22.6 Å². The van der Waals surface area contributed by atoms with Crippen LogP contribution < -0.4 is 16.6 Å². The van der Waals surface area contributed by atoms with Crippen molar-refractivity contribution in [3.8, 4) is 0 Å². The van der Waals surface area contributed by atoms with Crippen molar-refractivity contribution in [3.05, 3.63) is 44.9 Å². The summed E-state index contributed by atoms with van der Waals surface area (Å²) in [4.78, 5) is 26.8. The van der Waals surface area contributed by atoms with E-state index in [2.05, 4.69) is 10.3 Å². The first-order valence-electron chi connectivity index (χ1n) is 6.32. The molecule has 6 heteroatoms. The quantitative estimate of drug-likeness (QED) is 0.798. The molecule has 19 heavy (non-hydrogen) atoms. The van der Waals surface area contributed by atoms with Gasteiger partial charge in [-0.2, -0.15) is 0 Å². The minimum Gasteiger partial charge on any atom is -0.315 e. The van der Waals surface area contributed by atoms with Gasteiger partial charge in [0.1, 0.15) is 5.82 Å². The lowest BCUT2D eigenvalue weighted by Crippen LogP contribution is -2.44. The molecule has 1 fully saturated rings. The molecule has 1 aromatic heterocycles. The number of hydrogen-bond donors (Lipinski definition) is 2. The molecule has 3 rings (SSSR count). The fourth-order valence-electron chi connectivity index (χ4n) is 2.60. The monoisotopic (exact) mass is 263 g/mol. The van der Waals surface area contributed by atoms with Gasteiger partial charge in [0.15, 0.2) is 0 Å². The lowest BCUT2D eigenvalue weighted by atomic mass is 10.1. The zero-order valence-corrected chi connectivity index (χ0v) is 10.3. The van der Waals surface area contributed by atoms with Crippen LogP contribution in [0.1, 0.15) is 18.9 Å². The highest BCUT2D eigenvalue weighted by atomic mass is 19.1. The van der Waals surface area contributed by atoms with Gasteiger partial charge >= 0.3 is 5.69 Å². The van der Waals surface area contributed by atoms with Crippen LogP contribution in [0.5, 0.6) is 0 Å². The van der Waals surface area contributed by atoms with Crippen LogP contribution in [-0.2, 0) is 0 Å². The Balaban J connectivity index is 2.26. The summed E-state index contributed by atoms with van der Waals surface area (Å²) < 4.78 is 14.8. The molecule has 1 unspecified atom stereocenters. The lowest BCUT2D eigenvalue weighted by molar-refractivity contribution is 0.355. The second-order valence-corrected chi connectivity index (χ2v) is 4.77. The van der Waals surface area contributed by atoms with Gasteiger partial charge in [-0.25, -0.2) is 9.18 Å². The summed E-state index contributed by atoms with van der Waals surface area (Å²) in [5.74, 6) is -0.583. The van der Waals surface area contributed by atoms with Gasteiger partial charge in [0, 0.05) is 6.54 Å². The molecule has 100 valence electrons. The van der Waals surface area contributed by atoms with Gasteiger partial charge in [0.25, 0.3) is 5.56 Å². The number of aromatic nitrogens is 2. The summed E-state index contributed by atoms with van der Waals surface area (Å²) in [6.07, 6.45) is 1.69. The number of nitrogens with zero attached hydrogens (tertiary/aromatic N) is 1. The van der Waals surface area contributed by atoms with E-state index >= 15 is 0 Å². The number of fused-ring (bicyclic) bond motifs is 1. The van der Waals surface area contributed by atoms with E-state index in [0.29, 0.717) is 6.54 Å². The number of benzene rings is 1. The molecule has 0 aliphatic carbocycles. The number of para-hydroxylation sites is 1. The molecule has 5 nitrogen and oxygen atoms in total. The lowest BCUT2D eigenvalue weighted by Gasteiger charge is -2.24. The first kappa shape index (κ1) is 12.1. The molecular formula is C13H14FN3O2. The zero-order valence-electron chi connectivity index (χ0n) is 10.3. The highest BCUT2D eigenvalue weighted by molar-refractivity contribution is 5.77. The Labute approximate surface area is 108 Å². The topological polar surface area (TPSA) is 66.9 Å². The van der Waals surface area contributed by atoms with E-state index in [0.717, 1.165) is 19.4 Å². The Bertz CT molecular complexity index is 729. The van der Waals surface area contributed by atoms with Crippen LogP contribution in [0.4, 0.5) is 4.39 Å². The molecule has 1 aliphatic rings. The number of halogens is 1. The third-order valence-corrected chi connectivity index (χ3v) is 3.55. The van der Waals surface area contributed by atoms with Crippen LogP contribution in [0.15, 0.2) is 27.8 Å². The van der Waals surface area contributed by atoms with Crippen molar-refractivity contribution in [2.75, 3.05) is 13.1 Å². The molecule has 0 spiro atoms. The first-order chi connectivity index (χ1) is 9.18. The van der Waals surface area contributed by atoms with Crippen molar-refractivity contribution >= 4 is 10.9 Å². The minimum absolute atomic E-state index is 0.0162. The number of rotatable bonds is 1. The van der Waals surface area contributed by atoms with E-state index < -0.39 is 17.1 Å². The summed E-state index contributed by atoms with van der Waals surface area (Å²) in [6.45, 7) is 1.48. The van der Waals surface area contributed by atoms with Crippen LogP contribution >= 0.6 is 0 Å². The van der Waals surface area contributed by atoms with Crippen molar-refractivity contribution in [3.63, 3.8) is 0 Å². The minimum atomic E-state index is -0.583. The Morgan fingerprint density at radius 1 is 1.32 bits per heavy atom. The summed E-state index contributed by atoms with van der Waals surface area (Å²) >= 11 is 0. The standard InChI is InChI=1S/C13H14FN3O2/c14-10-5-1-4-9-11(10)16-13(19)17(12(9)18)8-3-2-6-15-7-8/h1,4-5,8,15H,2-3,6-7H2,(H,16,19). The number of nitrogens with one attached hydrogen (secondary N) is 2. The van der Waals surface area contributed by atoms with Gasteiger partial charge in [0.05, 0.1) is 16.9 Å². The largest absolute Gasteiger partial charge is 0.329 e. The number of aromatic amines is 1. The summed E-state index contributed by atoms with van der Waals surface area (Å²) in [5.41, 5.74) is -0.985. The van der Waals surface area contributed by atoms with Crippen molar-refractivity contribution in [2.24, 2.45) is 0 Å². The van der Waals surface area contributed by atoms with Gasteiger partial charge in [-0.05, 0) is 31.5 Å². The predicted octanol–water partition coefficient (Wildman–Crippen LogP) is 0.753. The summed E-state index contributed by atoms with van der Waals surface area (Å²) in [6, 6.07) is 4.06. The number of hydrogen-bond acceptors (Lipinski definition) is 3. The van der Waals surface area contributed by atoms with Gasteiger partial charge in [-0.15, -0.1) is 0 Å². The van der Waals surface area contributed by atoms with Crippen LogP contribution in [0.3, 0.4) is 0 Å². The molecule has 2 N–H and O–H groups in total. The van der Waals surface area contributed by atoms with Gasteiger partial charge < -0.3 is 10.3 Å². The van der Waals surface area contributed by atoms with E-state index in [1.807, 2.05) is 0 Å². The second kappa shape index (κ2) is 4.62. The molecule has 0 amide bonds. The van der Waals surface area contributed by atoms with Gasteiger partial charge in [0.2, 0.25) is 0 Å². The molecule has 1 saturated heterocycles. The third kappa shape index (κ3) is 1.98. The van der Waals surface area contributed by atoms with E-state index in [1.54, 1.807) is 0 Å². The molecule has 1 atom stereocenters. The van der Waals surface area contributed by atoms with E-state index in [1.165, 1.54) is 22.8 Å². The summed E-state index contributed by atoms with van der Waals surface area (Å²) in [5, 5.41) is 3.37. The average Bonchev–Trinajstić information content (AvgIpc) is 2.41. The maximum atomic E-state index is 13.6. The Kier molecular flexibility index (Phi) is 2.94. The van der Waals surface area contributed by atoms with Crippen molar-refractivity contribution in [2.45, 2.75) is 18.9 Å². The predicted molar refractivity (Wildman–Crippen MR) is 69.9 cm³/mol. The molecule has 0 radical (unpaired) electrons. The Morgan fingerprint density at radius 2 is 2.16 bits per heavy atom. The van der Waals surface area contributed by atoms with Gasteiger partial charge in [-0.3, -0.25) is 9.36 Å². The molecule has 0 bridgehead atoms. The fourth-order valence-corrected chi connectivity index (χ4v) is 2.60. The fraction of sp³-hybridized carbons (Fsp3) is 0.385. The Morgan fingerprint density at radius 3 is 2.89 bits per heavy atom. The van der Waals surface area contributed by atoms with Crippen molar-refractivity contribution in [1.29, 1.82) is 0 Å². The molecule has 2 heterocycles. The smallest absolute Gasteiger partial charge is 0.315 e. The second-order valence-electron chi connectivity index (χ2n) is 4.77. The highest BCUT2D eigenvalue weighted by Gasteiger charge is 2.20. The maximum absolute atomic E-state index is 13.6. The maximum Gasteiger partial charge on any atom is 0.329 e. The van der Waals surface area contributed by atoms with E-state index in [4.69, 9.17) is 0 Å². The Hall–Kier alpha value is -1.95. The van der Waals surface area contributed by atoms with E-state index in [-0.39, 0.29) is 16.9 Å². The van der Waals surface area contributed by atoms with Crippen molar-refractivity contribution in [1.82, 2.24) is 14.9 Å². The third-order valence-electron chi connectivity index (χ3n) is 3.55. The van der Waals surface area contributed by atoms with Crippen LogP contribution in [0, 0.1) is 5.82 Å². The zero-order chi connectivity index (χ0) is 13.4. The molecule has 1 aliphatic heterocycles. The average molecular weight is 263 g/mol. The highest BCUT2D eigenvalue weighted by Crippen LogP contribution is 2.15. The molecule has 1 aromatic carbocycles. The summed E-state index contributed by atoms with van der Waals surface area (Å²) in [7, 11) is 0. The van der Waals surface area contributed by atoms with Crippen LogP contribution in [0.2, 0.25) is 0 Å². The molecule has 2 aromatic rings. The normalized spacial score (nSPS) is 19.7. The number of H-pyrrole nitrogens is 1. The SMILES string of the molecule is O=c1[nH]c2c(F)cccc2c(=O)n1C1CCCNC1. The molecule has 0 saturated carbocycles. The first-order valence-corrected chi connectivity index (χ1v) is 6.32.